The Morgan fingerprint density at radius 3 is 2.69 bits per heavy atom. The summed E-state index contributed by atoms with van der Waals surface area (Å²) in [5.41, 5.74) is 0.901. The van der Waals surface area contributed by atoms with Crippen molar-refractivity contribution in [2.24, 2.45) is 13.0 Å². The molecule has 0 radical (unpaired) electrons. The Balaban J connectivity index is 1.59. The van der Waals surface area contributed by atoms with Crippen LogP contribution in [0.25, 0.3) is 0 Å². The Hall–Kier alpha value is -2.90. The number of hydrogen-bond acceptors (Lipinski definition) is 5. The summed E-state index contributed by atoms with van der Waals surface area (Å²) in [6.45, 7) is 5.27. The Morgan fingerprint density at radius 1 is 1.28 bits per heavy atom. The summed E-state index contributed by atoms with van der Waals surface area (Å²) in [5.74, 6) is 0.905. The number of alkyl carbamates (subject to hydrolysis) is 1. The molecule has 1 N–H and O–H groups in total. The molecule has 0 saturated carbocycles. The molecule has 2 atom stereocenters. The van der Waals surface area contributed by atoms with Crippen LogP contribution < -0.4 is 5.32 Å². The summed E-state index contributed by atoms with van der Waals surface area (Å²) >= 11 is 0. The first-order valence-corrected chi connectivity index (χ1v) is 10.1. The molecule has 3 rings (SSSR count). The highest BCUT2D eigenvalue weighted by molar-refractivity contribution is 5.86. The maximum atomic E-state index is 13.2. The molecule has 2 amide bonds. The lowest BCUT2D eigenvalue weighted by atomic mass is 9.95. The van der Waals surface area contributed by atoms with Crippen molar-refractivity contribution in [3.63, 3.8) is 0 Å². The van der Waals surface area contributed by atoms with Crippen molar-refractivity contribution in [3.05, 3.63) is 48.0 Å². The van der Waals surface area contributed by atoms with E-state index in [-0.39, 0.29) is 24.3 Å². The molecule has 0 aliphatic carbocycles. The Bertz CT molecular complexity index is 821. The molecule has 8 heteroatoms. The van der Waals surface area contributed by atoms with Gasteiger partial charge in [-0.25, -0.2) is 4.79 Å². The molecule has 1 aliphatic rings. The van der Waals surface area contributed by atoms with E-state index < -0.39 is 12.1 Å². The molecular formula is C21H29N5O3. The number of amides is 2. The summed E-state index contributed by atoms with van der Waals surface area (Å²) < 4.78 is 7.20. The number of ether oxygens (including phenoxy) is 1. The summed E-state index contributed by atoms with van der Waals surface area (Å²) in [7, 11) is 1.91. The van der Waals surface area contributed by atoms with Gasteiger partial charge in [-0.15, -0.1) is 10.2 Å². The van der Waals surface area contributed by atoms with Gasteiger partial charge in [0.05, 0.1) is 0 Å². The maximum absolute atomic E-state index is 13.2. The van der Waals surface area contributed by atoms with Crippen LogP contribution in [0.15, 0.2) is 36.7 Å². The van der Waals surface area contributed by atoms with E-state index in [4.69, 9.17) is 4.74 Å². The normalized spacial score (nSPS) is 17.8. The van der Waals surface area contributed by atoms with Gasteiger partial charge in [0.15, 0.2) is 0 Å². The second-order valence-electron chi connectivity index (χ2n) is 7.85. The zero-order valence-electron chi connectivity index (χ0n) is 17.2. The molecule has 2 aromatic rings. The minimum absolute atomic E-state index is 0.0537. The molecule has 0 spiro atoms. The van der Waals surface area contributed by atoms with Gasteiger partial charge in [0.2, 0.25) is 5.91 Å². The Labute approximate surface area is 171 Å². The molecule has 1 aliphatic heterocycles. The third kappa shape index (κ3) is 5.34. The number of carbonyl (C=O) groups is 2. The molecule has 29 heavy (non-hydrogen) atoms. The van der Waals surface area contributed by atoms with E-state index in [1.54, 1.807) is 6.33 Å². The molecular weight excluding hydrogens is 370 g/mol. The number of hydrogen-bond donors (Lipinski definition) is 1. The van der Waals surface area contributed by atoms with E-state index in [1.165, 1.54) is 0 Å². The Morgan fingerprint density at radius 2 is 2.03 bits per heavy atom. The van der Waals surface area contributed by atoms with Crippen molar-refractivity contribution in [2.45, 2.75) is 45.3 Å². The first kappa shape index (κ1) is 20.8. The zero-order chi connectivity index (χ0) is 20.8. The van der Waals surface area contributed by atoms with Crippen LogP contribution in [-0.2, 0) is 23.2 Å². The van der Waals surface area contributed by atoms with Crippen LogP contribution in [0.4, 0.5) is 4.79 Å². The van der Waals surface area contributed by atoms with Gasteiger partial charge in [-0.3, -0.25) is 4.79 Å². The molecule has 1 fully saturated rings. The van der Waals surface area contributed by atoms with Crippen LogP contribution >= 0.6 is 0 Å². The highest BCUT2D eigenvalue weighted by Gasteiger charge is 2.33. The average molecular weight is 399 g/mol. The van der Waals surface area contributed by atoms with Crippen LogP contribution in [0.2, 0.25) is 0 Å². The van der Waals surface area contributed by atoms with Crippen LogP contribution in [0.1, 0.15) is 44.0 Å². The quantitative estimate of drug-likeness (QED) is 0.806. The summed E-state index contributed by atoms with van der Waals surface area (Å²) in [6, 6.07) is 8.83. The molecule has 1 saturated heterocycles. The van der Waals surface area contributed by atoms with Gasteiger partial charge in [-0.2, -0.15) is 0 Å². The number of likely N-dealkylation sites (tertiary alicyclic amines) is 1. The van der Waals surface area contributed by atoms with E-state index in [0.29, 0.717) is 13.1 Å². The van der Waals surface area contributed by atoms with Gasteiger partial charge < -0.3 is 19.5 Å². The third-order valence-corrected chi connectivity index (χ3v) is 5.26. The summed E-state index contributed by atoms with van der Waals surface area (Å²) in [5, 5.41) is 10.9. The smallest absolute Gasteiger partial charge is 0.408 e. The van der Waals surface area contributed by atoms with Gasteiger partial charge in [-0.1, -0.05) is 44.2 Å². The van der Waals surface area contributed by atoms with Crippen molar-refractivity contribution in [1.82, 2.24) is 25.0 Å². The fourth-order valence-electron chi connectivity index (χ4n) is 3.65. The van der Waals surface area contributed by atoms with Gasteiger partial charge in [0.1, 0.15) is 24.8 Å². The van der Waals surface area contributed by atoms with E-state index >= 15 is 0 Å². The second kappa shape index (κ2) is 9.54. The standard InChI is InChI=1S/C21H29N5O3/c1-15(2)18(23-21(28)29-13-16-8-5-4-6-9-16)20(27)26-11-7-10-17(12-26)19-24-22-14-25(19)3/h4-6,8-9,14-15,17-18H,7,10-13H2,1-3H3,(H,23,28)/t17?,18-/m0/s1. The SMILES string of the molecule is CC(C)[C@H](NC(=O)OCc1ccccc1)C(=O)N1CCCC(c2nncn2C)C1. The lowest BCUT2D eigenvalue weighted by molar-refractivity contribution is -0.135. The molecule has 2 heterocycles. The van der Waals surface area contributed by atoms with Crippen LogP contribution in [-0.4, -0.2) is 50.8 Å². The molecule has 1 aromatic heterocycles. The lowest BCUT2D eigenvalue weighted by Crippen LogP contribution is -2.53. The summed E-state index contributed by atoms with van der Waals surface area (Å²) in [6.07, 6.45) is 2.96. The fraction of sp³-hybridized carbons (Fsp3) is 0.524. The first-order valence-electron chi connectivity index (χ1n) is 10.1. The minimum atomic E-state index is -0.628. The predicted octanol–water partition coefficient (Wildman–Crippen LogP) is 2.47. The van der Waals surface area contributed by atoms with E-state index in [0.717, 1.165) is 24.2 Å². The van der Waals surface area contributed by atoms with Crippen molar-refractivity contribution in [3.8, 4) is 0 Å². The van der Waals surface area contributed by atoms with Crippen molar-refractivity contribution >= 4 is 12.0 Å². The number of aryl methyl sites for hydroxylation is 1. The number of aromatic nitrogens is 3. The van der Waals surface area contributed by atoms with Gasteiger partial charge in [0.25, 0.3) is 0 Å². The number of rotatable bonds is 6. The lowest BCUT2D eigenvalue weighted by Gasteiger charge is -2.35. The molecule has 1 unspecified atom stereocenters. The van der Waals surface area contributed by atoms with Gasteiger partial charge in [-0.05, 0) is 24.3 Å². The number of nitrogens with one attached hydrogen (secondary N) is 1. The largest absolute Gasteiger partial charge is 0.445 e. The second-order valence-corrected chi connectivity index (χ2v) is 7.85. The fourth-order valence-corrected chi connectivity index (χ4v) is 3.65. The van der Waals surface area contributed by atoms with Crippen LogP contribution in [0.5, 0.6) is 0 Å². The predicted molar refractivity (Wildman–Crippen MR) is 108 cm³/mol. The van der Waals surface area contributed by atoms with E-state index in [9.17, 15) is 9.59 Å². The van der Waals surface area contributed by atoms with Crippen LogP contribution in [0, 0.1) is 5.92 Å². The minimum Gasteiger partial charge on any atom is -0.445 e. The topological polar surface area (TPSA) is 89.3 Å². The molecule has 0 bridgehead atoms. The third-order valence-electron chi connectivity index (χ3n) is 5.26. The maximum Gasteiger partial charge on any atom is 0.408 e. The van der Waals surface area contributed by atoms with Crippen molar-refractivity contribution in [2.75, 3.05) is 13.1 Å². The van der Waals surface area contributed by atoms with Gasteiger partial charge in [0, 0.05) is 26.1 Å². The highest BCUT2D eigenvalue weighted by atomic mass is 16.5. The number of piperidine rings is 1. The Kier molecular flexibility index (Phi) is 6.85. The summed E-state index contributed by atoms with van der Waals surface area (Å²) in [4.78, 5) is 27.3. The number of benzene rings is 1. The highest BCUT2D eigenvalue weighted by Crippen LogP contribution is 2.26. The number of carbonyl (C=O) groups excluding carboxylic acids is 2. The first-order chi connectivity index (χ1) is 14.0. The number of nitrogens with zero attached hydrogens (tertiary/aromatic N) is 4. The monoisotopic (exact) mass is 399 g/mol. The zero-order valence-corrected chi connectivity index (χ0v) is 17.2. The molecule has 1 aromatic carbocycles. The van der Waals surface area contributed by atoms with Gasteiger partial charge >= 0.3 is 6.09 Å². The van der Waals surface area contributed by atoms with Crippen LogP contribution in [0.3, 0.4) is 0 Å². The van der Waals surface area contributed by atoms with Crippen molar-refractivity contribution in [1.29, 1.82) is 0 Å². The molecule has 8 nitrogen and oxygen atoms in total. The van der Waals surface area contributed by atoms with Crippen molar-refractivity contribution < 1.29 is 14.3 Å². The van der Waals surface area contributed by atoms with E-state index in [2.05, 4.69) is 15.5 Å². The van der Waals surface area contributed by atoms with E-state index in [1.807, 2.05) is 60.7 Å². The molecule has 156 valence electrons. The average Bonchev–Trinajstić information content (AvgIpc) is 3.16.